The highest BCUT2D eigenvalue weighted by Crippen LogP contribution is 2.18. The average Bonchev–Trinajstić information content (AvgIpc) is 2.71. The average molecular weight is 404 g/mol. The minimum atomic E-state index is -0.161. The molecular formula is C23H18ClN3O2. The number of aromatic nitrogens is 2. The number of fused-ring (bicyclic) bond motifs is 1. The predicted molar refractivity (Wildman–Crippen MR) is 116 cm³/mol. The summed E-state index contributed by atoms with van der Waals surface area (Å²) in [4.78, 5) is 29.7. The second-order valence-electron chi connectivity index (χ2n) is 6.68. The molecule has 0 radical (unpaired) electrons. The van der Waals surface area contributed by atoms with E-state index in [0.717, 1.165) is 5.56 Å². The second-order valence-corrected chi connectivity index (χ2v) is 7.09. The van der Waals surface area contributed by atoms with Gasteiger partial charge in [-0.05, 0) is 55.0 Å². The number of benzene rings is 3. The molecule has 0 aliphatic carbocycles. The molecule has 0 aliphatic heterocycles. The standard InChI is InChI=1S/C23H18ClN3O2/c1-15-25-21-9-5-3-7-19(21)23(29)27(15)18-12-10-17(11-13-18)26-22(28)14-16-6-2-4-8-20(16)24/h2-13H,14H2,1H3,(H,26,28). The molecule has 4 aromatic rings. The lowest BCUT2D eigenvalue weighted by atomic mass is 10.1. The predicted octanol–water partition coefficient (Wildman–Crippen LogP) is 4.53. The topological polar surface area (TPSA) is 64.0 Å². The summed E-state index contributed by atoms with van der Waals surface area (Å²) in [6.07, 6.45) is 0.189. The van der Waals surface area contributed by atoms with Gasteiger partial charge in [0, 0.05) is 10.7 Å². The minimum Gasteiger partial charge on any atom is -0.326 e. The first kappa shape index (κ1) is 18.9. The fraction of sp³-hybridized carbons (Fsp3) is 0.0870. The van der Waals surface area contributed by atoms with Crippen LogP contribution in [0.5, 0.6) is 0 Å². The van der Waals surface area contributed by atoms with Crippen LogP contribution in [0.2, 0.25) is 5.02 Å². The summed E-state index contributed by atoms with van der Waals surface area (Å²) >= 11 is 6.11. The summed E-state index contributed by atoms with van der Waals surface area (Å²) in [5.41, 5.74) is 2.66. The van der Waals surface area contributed by atoms with Crippen LogP contribution >= 0.6 is 11.6 Å². The molecule has 0 fully saturated rings. The molecule has 3 aromatic carbocycles. The van der Waals surface area contributed by atoms with E-state index >= 15 is 0 Å². The molecular weight excluding hydrogens is 386 g/mol. The van der Waals surface area contributed by atoms with Gasteiger partial charge in [0.1, 0.15) is 5.82 Å². The highest BCUT2D eigenvalue weighted by Gasteiger charge is 2.11. The zero-order valence-electron chi connectivity index (χ0n) is 15.7. The van der Waals surface area contributed by atoms with Gasteiger partial charge in [-0.15, -0.1) is 0 Å². The molecule has 0 aliphatic rings. The van der Waals surface area contributed by atoms with E-state index in [-0.39, 0.29) is 17.9 Å². The molecule has 144 valence electrons. The lowest BCUT2D eigenvalue weighted by Crippen LogP contribution is -2.22. The number of anilines is 1. The molecule has 0 spiro atoms. The van der Waals surface area contributed by atoms with Crippen LogP contribution < -0.4 is 10.9 Å². The summed E-state index contributed by atoms with van der Waals surface area (Å²) in [6.45, 7) is 1.80. The van der Waals surface area contributed by atoms with Crippen LogP contribution in [0.15, 0.2) is 77.6 Å². The molecule has 4 rings (SSSR count). The summed E-state index contributed by atoms with van der Waals surface area (Å²) < 4.78 is 1.57. The first-order valence-electron chi connectivity index (χ1n) is 9.15. The number of nitrogens with one attached hydrogen (secondary N) is 1. The van der Waals surface area contributed by atoms with E-state index in [2.05, 4.69) is 10.3 Å². The van der Waals surface area contributed by atoms with Crippen molar-refractivity contribution in [2.75, 3.05) is 5.32 Å². The van der Waals surface area contributed by atoms with Crippen molar-refractivity contribution in [1.29, 1.82) is 0 Å². The Morgan fingerprint density at radius 3 is 2.45 bits per heavy atom. The van der Waals surface area contributed by atoms with Crippen LogP contribution in [0.25, 0.3) is 16.6 Å². The highest BCUT2D eigenvalue weighted by molar-refractivity contribution is 6.31. The quantitative estimate of drug-likeness (QED) is 0.544. The number of amides is 1. The van der Waals surface area contributed by atoms with Gasteiger partial charge in [-0.25, -0.2) is 4.98 Å². The van der Waals surface area contributed by atoms with E-state index in [1.54, 1.807) is 47.9 Å². The number of nitrogens with zero attached hydrogens (tertiary/aromatic N) is 2. The number of para-hydroxylation sites is 1. The number of hydrogen-bond acceptors (Lipinski definition) is 3. The van der Waals surface area contributed by atoms with Crippen molar-refractivity contribution in [3.8, 4) is 5.69 Å². The van der Waals surface area contributed by atoms with E-state index in [1.807, 2.05) is 36.4 Å². The van der Waals surface area contributed by atoms with Crippen molar-refractivity contribution >= 4 is 34.1 Å². The Hall–Kier alpha value is -3.44. The van der Waals surface area contributed by atoms with Crippen molar-refractivity contribution in [3.05, 3.63) is 99.6 Å². The highest BCUT2D eigenvalue weighted by atomic mass is 35.5. The third-order valence-corrected chi connectivity index (χ3v) is 5.03. The SMILES string of the molecule is Cc1nc2ccccc2c(=O)n1-c1ccc(NC(=O)Cc2ccccc2Cl)cc1. The maximum Gasteiger partial charge on any atom is 0.265 e. The molecule has 0 unspecified atom stereocenters. The van der Waals surface area contributed by atoms with Gasteiger partial charge < -0.3 is 5.32 Å². The van der Waals surface area contributed by atoms with Crippen molar-refractivity contribution in [3.63, 3.8) is 0 Å². The van der Waals surface area contributed by atoms with Gasteiger partial charge in [0.15, 0.2) is 0 Å². The summed E-state index contributed by atoms with van der Waals surface area (Å²) in [5, 5.41) is 3.99. The van der Waals surface area contributed by atoms with Gasteiger partial charge in [0.05, 0.1) is 23.0 Å². The van der Waals surface area contributed by atoms with Gasteiger partial charge in [0.2, 0.25) is 5.91 Å². The zero-order chi connectivity index (χ0) is 20.4. The monoisotopic (exact) mass is 403 g/mol. The molecule has 0 saturated heterocycles. The molecule has 5 nitrogen and oxygen atoms in total. The van der Waals surface area contributed by atoms with Crippen molar-refractivity contribution in [2.45, 2.75) is 13.3 Å². The summed E-state index contributed by atoms with van der Waals surface area (Å²) in [7, 11) is 0. The maximum atomic E-state index is 12.9. The Morgan fingerprint density at radius 2 is 1.69 bits per heavy atom. The number of carbonyl (C=O) groups is 1. The molecule has 1 N–H and O–H groups in total. The minimum absolute atomic E-state index is 0.122. The Balaban J connectivity index is 1.57. The zero-order valence-corrected chi connectivity index (χ0v) is 16.5. The van der Waals surface area contributed by atoms with Crippen molar-refractivity contribution < 1.29 is 4.79 Å². The van der Waals surface area contributed by atoms with Gasteiger partial charge in [-0.1, -0.05) is 41.9 Å². The molecule has 0 atom stereocenters. The van der Waals surface area contributed by atoms with E-state index in [1.165, 1.54) is 0 Å². The number of carbonyl (C=O) groups excluding carboxylic acids is 1. The molecule has 0 bridgehead atoms. The third-order valence-electron chi connectivity index (χ3n) is 4.66. The molecule has 6 heteroatoms. The Bertz CT molecular complexity index is 1260. The van der Waals surface area contributed by atoms with Gasteiger partial charge in [0.25, 0.3) is 5.56 Å². The van der Waals surface area contributed by atoms with Gasteiger partial charge in [-0.2, -0.15) is 0 Å². The lowest BCUT2D eigenvalue weighted by molar-refractivity contribution is -0.115. The normalized spacial score (nSPS) is 10.8. The Kier molecular flexibility index (Phi) is 5.14. The second kappa shape index (κ2) is 7.89. The van der Waals surface area contributed by atoms with Crippen molar-refractivity contribution in [2.24, 2.45) is 0 Å². The van der Waals surface area contributed by atoms with Crippen LogP contribution in [0, 0.1) is 6.92 Å². The first-order valence-corrected chi connectivity index (χ1v) is 9.53. The first-order chi connectivity index (χ1) is 14.0. The summed E-state index contributed by atoms with van der Waals surface area (Å²) in [6, 6.07) is 21.6. The fourth-order valence-electron chi connectivity index (χ4n) is 3.26. The maximum absolute atomic E-state index is 12.9. The van der Waals surface area contributed by atoms with Crippen LogP contribution in [-0.4, -0.2) is 15.5 Å². The molecule has 0 saturated carbocycles. The Labute approximate surface area is 172 Å². The molecule has 1 amide bonds. The molecule has 29 heavy (non-hydrogen) atoms. The van der Waals surface area contributed by atoms with E-state index < -0.39 is 0 Å². The van der Waals surface area contributed by atoms with E-state index in [9.17, 15) is 9.59 Å². The lowest BCUT2D eigenvalue weighted by Gasteiger charge is -2.12. The fourth-order valence-corrected chi connectivity index (χ4v) is 3.46. The number of halogens is 1. The van der Waals surface area contributed by atoms with Crippen LogP contribution in [0.1, 0.15) is 11.4 Å². The number of aryl methyl sites for hydroxylation is 1. The number of rotatable bonds is 4. The smallest absolute Gasteiger partial charge is 0.265 e. The van der Waals surface area contributed by atoms with E-state index in [0.29, 0.717) is 33.1 Å². The Morgan fingerprint density at radius 1 is 1.00 bits per heavy atom. The molecule has 1 heterocycles. The van der Waals surface area contributed by atoms with Gasteiger partial charge >= 0.3 is 0 Å². The van der Waals surface area contributed by atoms with E-state index in [4.69, 9.17) is 11.6 Å². The van der Waals surface area contributed by atoms with Crippen molar-refractivity contribution in [1.82, 2.24) is 9.55 Å². The number of hydrogen-bond donors (Lipinski definition) is 1. The van der Waals surface area contributed by atoms with Crippen LogP contribution in [-0.2, 0) is 11.2 Å². The molecule has 1 aromatic heterocycles. The van der Waals surface area contributed by atoms with Crippen LogP contribution in [0.3, 0.4) is 0 Å². The van der Waals surface area contributed by atoms with Crippen LogP contribution in [0.4, 0.5) is 5.69 Å². The van der Waals surface area contributed by atoms with Gasteiger partial charge in [-0.3, -0.25) is 14.2 Å². The largest absolute Gasteiger partial charge is 0.326 e. The summed E-state index contributed by atoms with van der Waals surface area (Å²) in [5.74, 6) is 0.441. The third kappa shape index (κ3) is 3.91.